The van der Waals surface area contributed by atoms with Crippen LogP contribution in [0.5, 0.6) is 0 Å². The number of halogens is 2. The number of carbonyl (C=O) groups is 1. The fourth-order valence-corrected chi connectivity index (χ4v) is 2.11. The molecule has 100 valence electrons. The number of carbonyl (C=O) groups excluding carboxylic acids is 1. The number of amides is 1. The maximum absolute atomic E-state index is 11.6. The summed E-state index contributed by atoms with van der Waals surface area (Å²) in [6.07, 6.45) is 3.01. The molecule has 0 aromatic heterocycles. The van der Waals surface area contributed by atoms with Crippen molar-refractivity contribution < 1.29 is 4.79 Å². The van der Waals surface area contributed by atoms with Gasteiger partial charge in [-0.15, -0.1) is 12.4 Å². The first-order valence-electron chi connectivity index (χ1n) is 5.98. The maximum Gasteiger partial charge on any atom is 0.224 e. The molecule has 0 saturated heterocycles. The quantitative estimate of drug-likeness (QED) is 0.784. The van der Waals surface area contributed by atoms with Crippen LogP contribution in [0, 0.1) is 0 Å². The number of benzene rings is 1. The normalized spacial score (nSPS) is 13.8. The van der Waals surface area contributed by atoms with E-state index in [1.54, 1.807) is 0 Å². The highest BCUT2D eigenvalue weighted by Crippen LogP contribution is 2.17. The topological polar surface area (TPSA) is 41.1 Å². The molecule has 5 heteroatoms. The second-order valence-corrected chi connectivity index (χ2v) is 5.30. The molecule has 2 rings (SSSR count). The van der Waals surface area contributed by atoms with Crippen molar-refractivity contribution in [1.29, 1.82) is 0 Å². The van der Waals surface area contributed by atoms with Gasteiger partial charge in [-0.3, -0.25) is 4.79 Å². The van der Waals surface area contributed by atoms with Gasteiger partial charge in [0.05, 0.1) is 6.42 Å². The molecule has 1 aromatic rings. The summed E-state index contributed by atoms with van der Waals surface area (Å²) in [6.45, 7) is 1.58. The molecule has 2 N–H and O–H groups in total. The van der Waals surface area contributed by atoms with Gasteiger partial charge in [0.25, 0.3) is 0 Å². The van der Waals surface area contributed by atoms with Crippen LogP contribution in [0.3, 0.4) is 0 Å². The van der Waals surface area contributed by atoms with Crippen LogP contribution in [-0.2, 0) is 11.2 Å². The fraction of sp³-hybridized carbons (Fsp3) is 0.462. The van der Waals surface area contributed by atoms with Crippen LogP contribution in [0.2, 0.25) is 0 Å². The Morgan fingerprint density at radius 1 is 1.33 bits per heavy atom. The molecule has 0 heterocycles. The van der Waals surface area contributed by atoms with Crippen molar-refractivity contribution in [1.82, 2.24) is 10.6 Å². The summed E-state index contributed by atoms with van der Waals surface area (Å²) in [5.41, 5.74) is 1.03. The van der Waals surface area contributed by atoms with Crippen LogP contribution in [0.4, 0.5) is 0 Å². The second kappa shape index (κ2) is 7.77. The van der Waals surface area contributed by atoms with Gasteiger partial charge in [-0.1, -0.05) is 28.1 Å². The van der Waals surface area contributed by atoms with Crippen LogP contribution < -0.4 is 10.6 Å². The van der Waals surface area contributed by atoms with E-state index in [9.17, 15) is 4.79 Å². The molecule has 0 bridgehead atoms. The van der Waals surface area contributed by atoms with Gasteiger partial charge in [0.1, 0.15) is 0 Å². The summed E-state index contributed by atoms with van der Waals surface area (Å²) in [7, 11) is 0. The summed E-state index contributed by atoms with van der Waals surface area (Å²) in [5, 5.41) is 6.28. The van der Waals surface area contributed by atoms with E-state index < -0.39 is 0 Å². The predicted molar refractivity (Wildman–Crippen MR) is 79.1 cm³/mol. The van der Waals surface area contributed by atoms with E-state index in [4.69, 9.17) is 0 Å². The number of rotatable bonds is 6. The van der Waals surface area contributed by atoms with E-state index in [0.717, 1.165) is 16.6 Å². The Labute approximate surface area is 122 Å². The van der Waals surface area contributed by atoms with Gasteiger partial charge in [-0.25, -0.2) is 0 Å². The van der Waals surface area contributed by atoms with Gasteiger partial charge in [-0.2, -0.15) is 0 Å². The Hall–Kier alpha value is -0.580. The monoisotopic (exact) mass is 332 g/mol. The Bertz CT molecular complexity index is 396. The van der Waals surface area contributed by atoms with Gasteiger partial charge in [0.2, 0.25) is 5.91 Å². The molecule has 1 aliphatic rings. The molecular weight excluding hydrogens is 316 g/mol. The molecule has 1 aliphatic carbocycles. The van der Waals surface area contributed by atoms with Gasteiger partial charge in [0.15, 0.2) is 0 Å². The Kier molecular flexibility index (Phi) is 6.68. The lowest BCUT2D eigenvalue weighted by Crippen LogP contribution is -2.33. The Balaban J connectivity index is 0.00000162. The van der Waals surface area contributed by atoms with Crippen molar-refractivity contribution in [2.24, 2.45) is 0 Å². The largest absolute Gasteiger partial charge is 0.355 e. The molecule has 18 heavy (non-hydrogen) atoms. The molecule has 0 spiro atoms. The standard InChI is InChI=1S/C13H17BrN2O.ClH/c14-11-3-1-2-10(8-11)9-13(17)16-7-6-15-12-4-5-12;/h1-3,8,12,15H,4-7,9H2,(H,16,17);1H. The molecule has 1 aromatic carbocycles. The van der Waals surface area contributed by atoms with Crippen LogP contribution in [0.15, 0.2) is 28.7 Å². The molecule has 0 atom stereocenters. The summed E-state index contributed by atoms with van der Waals surface area (Å²) in [4.78, 5) is 11.6. The number of hydrogen-bond acceptors (Lipinski definition) is 2. The van der Waals surface area contributed by atoms with E-state index in [-0.39, 0.29) is 18.3 Å². The van der Waals surface area contributed by atoms with Crippen molar-refractivity contribution in [3.8, 4) is 0 Å². The molecule has 1 fully saturated rings. The summed E-state index contributed by atoms with van der Waals surface area (Å²) < 4.78 is 1.01. The van der Waals surface area contributed by atoms with Crippen LogP contribution in [0.1, 0.15) is 18.4 Å². The minimum Gasteiger partial charge on any atom is -0.355 e. The third-order valence-corrected chi connectivity index (χ3v) is 3.20. The smallest absolute Gasteiger partial charge is 0.224 e. The zero-order chi connectivity index (χ0) is 12.1. The van der Waals surface area contributed by atoms with E-state index >= 15 is 0 Å². The minimum atomic E-state index is 0. The van der Waals surface area contributed by atoms with Crippen molar-refractivity contribution >= 4 is 34.2 Å². The van der Waals surface area contributed by atoms with Crippen LogP contribution >= 0.6 is 28.3 Å². The molecule has 3 nitrogen and oxygen atoms in total. The predicted octanol–water partition coefficient (Wildman–Crippen LogP) is 2.28. The number of hydrogen-bond donors (Lipinski definition) is 2. The Morgan fingerprint density at radius 3 is 2.78 bits per heavy atom. The zero-order valence-corrected chi connectivity index (χ0v) is 12.5. The highest BCUT2D eigenvalue weighted by molar-refractivity contribution is 9.10. The molecule has 0 radical (unpaired) electrons. The van der Waals surface area contributed by atoms with Crippen LogP contribution in [0.25, 0.3) is 0 Å². The summed E-state index contributed by atoms with van der Waals surface area (Å²) in [5.74, 6) is 0.0840. The van der Waals surface area contributed by atoms with E-state index in [0.29, 0.717) is 19.0 Å². The summed E-state index contributed by atoms with van der Waals surface area (Å²) in [6, 6.07) is 8.55. The first-order chi connectivity index (χ1) is 8.24. The molecule has 0 aliphatic heterocycles. The van der Waals surface area contributed by atoms with E-state index in [2.05, 4.69) is 26.6 Å². The minimum absolute atomic E-state index is 0. The van der Waals surface area contributed by atoms with Crippen molar-refractivity contribution in [2.75, 3.05) is 13.1 Å². The SMILES string of the molecule is Cl.O=C(Cc1cccc(Br)c1)NCCNC1CC1. The maximum atomic E-state index is 11.6. The molecular formula is C13H18BrClN2O. The van der Waals surface area contributed by atoms with Crippen molar-refractivity contribution in [2.45, 2.75) is 25.3 Å². The molecule has 1 saturated carbocycles. The Morgan fingerprint density at radius 2 is 2.11 bits per heavy atom. The second-order valence-electron chi connectivity index (χ2n) is 4.39. The van der Waals surface area contributed by atoms with Crippen molar-refractivity contribution in [3.05, 3.63) is 34.3 Å². The molecule has 0 unspecified atom stereocenters. The van der Waals surface area contributed by atoms with Gasteiger partial charge >= 0.3 is 0 Å². The van der Waals surface area contributed by atoms with Gasteiger partial charge < -0.3 is 10.6 Å². The van der Waals surface area contributed by atoms with Gasteiger partial charge in [0, 0.05) is 23.6 Å². The van der Waals surface area contributed by atoms with E-state index in [1.165, 1.54) is 12.8 Å². The zero-order valence-electron chi connectivity index (χ0n) is 10.1. The number of nitrogens with one attached hydrogen (secondary N) is 2. The molecule has 1 amide bonds. The van der Waals surface area contributed by atoms with Gasteiger partial charge in [-0.05, 0) is 30.5 Å². The van der Waals surface area contributed by atoms with Crippen molar-refractivity contribution in [3.63, 3.8) is 0 Å². The average molecular weight is 334 g/mol. The lowest BCUT2D eigenvalue weighted by atomic mass is 10.1. The first kappa shape index (κ1) is 15.5. The van der Waals surface area contributed by atoms with E-state index in [1.807, 2.05) is 24.3 Å². The fourth-order valence-electron chi connectivity index (χ4n) is 1.66. The van der Waals surface area contributed by atoms with Crippen LogP contribution in [-0.4, -0.2) is 25.0 Å². The summed E-state index contributed by atoms with van der Waals surface area (Å²) >= 11 is 3.40. The highest BCUT2D eigenvalue weighted by Gasteiger charge is 2.19. The lowest BCUT2D eigenvalue weighted by Gasteiger charge is -2.06. The first-order valence-corrected chi connectivity index (χ1v) is 6.78. The highest BCUT2D eigenvalue weighted by atomic mass is 79.9. The third-order valence-electron chi connectivity index (χ3n) is 2.71. The lowest BCUT2D eigenvalue weighted by molar-refractivity contribution is -0.120. The average Bonchev–Trinajstić information content (AvgIpc) is 3.08. The third kappa shape index (κ3) is 5.85.